The summed E-state index contributed by atoms with van der Waals surface area (Å²) < 4.78 is 37.0. The van der Waals surface area contributed by atoms with E-state index in [0.29, 0.717) is 12.2 Å². The van der Waals surface area contributed by atoms with E-state index in [0.717, 1.165) is 16.1 Å². The van der Waals surface area contributed by atoms with Gasteiger partial charge in [-0.15, -0.1) is 0 Å². The van der Waals surface area contributed by atoms with Gasteiger partial charge in [0.2, 0.25) is 21.8 Å². The van der Waals surface area contributed by atoms with Crippen LogP contribution in [0, 0.1) is 0 Å². The Morgan fingerprint density at radius 2 is 1.73 bits per heavy atom. The number of hydrogen-bond donors (Lipinski definition) is 1. The van der Waals surface area contributed by atoms with E-state index in [2.05, 4.69) is 5.32 Å². The van der Waals surface area contributed by atoms with Crippen LogP contribution in [0.2, 0.25) is 0 Å². The number of anilines is 1. The van der Waals surface area contributed by atoms with Crippen LogP contribution in [-0.2, 0) is 26.2 Å². The third-order valence-corrected chi connectivity index (χ3v) is 6.29. The van der Waals surface area contributed by atoms with Crippen LogP contribution in [0.4, 0.5) is 5.69 Å². The molecule has 0 saturated heterocycles. The Morgan fingerprint density at radius 3 is 2.24 bits per heavy atom. The fourth-order valence-electron chi connectivity index (χ4n) is 3.45. The van der Waals surface area contributed by atoms with Crippen molar-refractivity contribution in [3.63, 3.8) is 0 Å². The van der Waals surface area contributed by atoms with Gasteiger partial charge in [0.25, 0.3) is 0 Å². The number of rotatable bonds is 11. The minimum absolute atomic E-state index is 0.151. The second-order valence-corrected chi connectivity index (χ2v) is 9.26. The van der Waals surface area contributed by atoms with E-state index in [-0.39, 0.29) is 23.9 Å². The van der Waals surface area contributed by atoms with Crippen molar-refractivity contribution >= 4 is 27.5 Å². The molecule has 0 aliphatic heterocycles. The fourth-order valence-corrected chi connectivity index (χ4v) is 4.30. The number of nitrogens with zero attached hydrogens (tertiary/aromatic N) is 2. The first-order valence-corrected chi connectivity index (χ1v) is 12.3. The highest BCUT2D eigenvalue weighted by molar-refractivity contribution is 7.92. The first kappa shape index (κ1) is 26.0. The predicted molar refractivity (Wildman–Crippen MR) is 127 cm³/mol. The number of likely N-dealkylation sites (N-methyl/N-ethyl adjacent to an activating group) is 1. The van der Waals surface area contributed by atoms with Gasteiger partial charge in [0.1, 0.15) is 24.1 Å². The van der Waals surface area contributed by atoms with E-state index < -0.39 is 28.5 Å². The van der Waals surface area contributed by atoms with E-state index >= 15 is 0 Å². The van der Waals surface area contributed by atoms with Crippen molar-refractivity contribution in [2.75, 3.05) is 38.4 Å². The molecule has 0 bridgehead atoms. The summed E-state index contributed by atoms with van der Waals surface area (Å²) in [6.45, 7) is 1.44. The molecule has 180 valence electrons. The third kappa shape index (κ3) is 6.61. The maximum Gasteiger partial charge on any atom is 0.244 e. The maximum atomic E-state index is 13.5. The van der Waals surface area contributed by atoms with Crippen molar-refractivity contribution in [1.29, 1.82) is 0 Å². The van der Waals surface area contributed by atoms with Gasteiger partial charge in [-0.2, -0.15) is 0 Å². The van der Waals surface area contributed by atoms with Gasteiger partial charge in [0.15, 0.2) is 0 Å². The Morgan fingerprint density at radius 1 is 1.06 bits per heavy atom. The highest BCUT2D eigenvalue weighted by Gasteiger charge is 2.32. The summed E-state index contributed by atoms with van der Waals surface area (Å²) in [6, 6.07) is 13.1. The Bertz CT molecular complexity index is 1060. The third-order valence-electron chi connectivity index (χ3n) is 5.16. The number of ether oxygens (including phenoxy) is 2. The van der Waals surface area contributed by atoms with E-state index in [4.69, 9.17) is 9.47 Å². The summed E-state index contributed by atoms with van der Waals surface area (Å²) in [5.74, 6) is -0.178. The number of amides is 2. The molecule has 0 radical (unpaired) electrons. The standard InChI is InChI=1S/C23H31N3O6S/c1-6-19(23(28)24-2)25(15-17-10-8-7-9-11-17)22(27)16-26(33(5,29)30)20-14-18(31-3)12-13-21(20)32-4/h7-14,19H,6,15-16H2,1-5H3,(H,24,28)/t19-/m0/s1. The Balaban J connectivity index is 2.50. The van der Waals surface area contributed by atoms with Crippen LogP contribution >= 0.6 is 0 Å². The van der Waals surface area contributed by atoms with Crippen LogP contribution in [0.25, 0.3) is 0 Å². The zero-order chi connectivity index (χ0) is 24.6. The highest BCUT2D eigenvalue weighted by Crippen LogP contribution is 2.34. The van der Waals surface area contributed by atoms with Gasteiger partial charge < -0.3 is 19.7 Å². The molecule has 33 heavy (non-hydrogen) atoms. The molecule has 2 rings (SSSR count). The molecule has 0 aromatic heterocycles. The lowest BCUT2D eigenvalue weighted by Crippen LogP contribution is -2.51. The number of methoxy groups -OCH3 is 2. The molecule has 0 aliphatic carbocycles. The van der Waals surface area contributed by atoms with Crippen molar-refractivity contribution in [1.82, 2.24) is 10.2 Å². The second kappa shape index (κ2) is 11.6. The van der Waals surface area contributed by atoms with Crippen molar-refractivity contribution in [3.8, 4) is 11.5 Å². The molecule has 2 amide bonds. The molecule has 0 unspecified atom stereocenters. The number of nitrogens with one attached hydrogen (secondary N) is 1. The Kier molecular flexibility index (Phi) is 9.10. The lowest BCUT2D eigenvalue weighted by atomic mass is 10.1. The predicted octanol–water partition coefficient (Wildman–Crippen LogP) is 2.02. The first-order chi connectivity index (χ1) is 15.7. The molecular weight excluding hydrogens is 446 g/mol. The van der Waals surface area contributed by atoms with Crippen LogP contribution in [0.1, 0.15) is 18.9 Å². The van der Waals surface area contributed by atoms with Crippen LogP contribution in [0.5, 0.6) is 11.5 Å². The molecule has 0 heterocycles. The van der Waals surface area contributed by atoms with E-state index in [1.54, 1.807) is 19.1 Å². The van der Waals surface area contributed by atoms with Gasteiger partial charge in [-0.3, -0.25) is 13.9 Å². The molecule has 1 N–H and O–H groups in total. The topological polar surface area (TPSA) is 105 Å². The summed E-state index contributed by atoms with van der Waals surface area (Å²) in [5, 5.41) is 2.58. The Hall–Kier alpha value is -3.27. The summed E-state index contributed by atoms with van der Waals surface area (Å²) in [7, 11) is 0.482. The van der Waals surface area contributed by atoms with Crippen LogP contribution < -0.4 is 19.1 Å². The zero-order valence-corrected chi connectivity index (χ0v) is 20.4. The van der Waals surface area contributed by atoms with Crippen molar-refractivity contribution in [3.05, 3.63) is 54.1 Å². The molecule has 0 aliphatic rings. The van der Waals surface area contributed by atoms with E-state index in [9.17, 15) is 18.0 Å². The van der Waals surface area contributed by atoms with Crippen LogP contribution in [0.3, 0.4) is 0 Å². The minimum atomic E-state index is -3.89. The van der Waals surface area contributed by atoms with Crippen molar-refractivity contribution in [2.24, 2.45) is 0 Å². The monoisotopic (exact) mass is 477 g/mol. The largest absolute Gasteiger partial charge is 0.497 e. The Labute approximate surface area is 195 Å². The van der Waals surface area contributed by atoms with Gasteiger partial charge >= 0.3 is 0 Å². The molecule has 9 nitrogen and oxygen atoms in total. The highest BCUT2D eigenvalue weighted by atomic mass is 32.2. The van der Waals surface area contributed by atoms with Gasteiger partial charge in [-0.05, 0) is 24.1 Å². The quantitative estimate of drug-likeness (QED) is 0.531. The average Bonchev–Trinajstić information content (AvgIpc) is 2.81. The summed E-state index contributed by atoms with van der Waals surface area (Å²) in [5.41, 5.74) is 0.985. The molecule has 10 heteroatoms. The molecule has 0 spiro atoms. The smallest absolute Gasteiger partial charge is 0.244 e. The lowest BCUT2D eigenvalue weighted by Gasteiger charge is -2.32. The molecule has 0 fully saturated rings. The van der Waals surface area contributed by atoms with Crippen molar-refractivity contribution < 1.29 is 27.5 Å². The molecule has 2 aromatic rings. The molecule has 1 atom stereocenters. The van der Waals surface area contributed by atoms with Gasteiger partial charge in [0.05, 0.1) is 26.2 Å². The van der Waals surface area contributed by atoms with E-state index in [1.165, 1.54) is 32.2 Å². The molecule has 2 aromatic carbocycles. The number of sulfonamides is 1. The summed E-state index contributed by atoms with van der Waals surface area (Å²) in [4.78, 5) is 27.5. The van der Waals surface area contributed by atoms with Crippen LogP contribution in [-0.4, -0.2) is 65.2 Å². The molecule has 0 saturated carbocycles. The summed E-state index contributed by atoms with van der Waals surface area (Å²) in [6.07, 6.45) is 1.37. The average molecular weight is 478 g/mol. The number of carbonyl (C=O) groups is 2. The van der Waals surface area contributed by atoms with Gasteiger partial charge in [-0.25, -0.2) is 8.42 Å². The number of carbonyl (C=O) groups excluding carboxylic acids is 2. The normalized spacial score (nSPS) is 11.9. The lowest BCUT2D eigenvalue weighted by molar-refractivity contribution is -0.140. The first-order valence-electron chi connectivity index (χ1n) is 10.4. The van der Waals surface area contributed by atoms with E-state index in [1.807, 2.05) is 30.3 Å². The maximum absolute atomic E-state index is 13.5. The van der Waals surface area contributed by atoms with Gasteiger partial charge in [-0.1, -0.05) is 37.3 Å². The fraction of sp³-hybridized carbons (Fsp3) is 0.391. The van der Waals surface area contributed by atoms with Gasteiger partial charge in [0, 0.05) is 19.7 Å². The minimum Gasteiger partial charge on any atom is -0.497 e. The number of benzene rings is 2. The summed E-state index contributed by atoms with van der Waals surface area (Å²) >= 11 is 0. The zero-order valence-electron chi connectivity index (χ0n) is 19.6. The molecular formula is C23H31N3O6S. The SMILES string of the molecule is CC[C@@H](C(=O)NC)N(Cc1ccccc1)C(=O)CN(c1cc(OC)ccc1OC)S(C)(=O)=O. The number of hydrogen-bond acceptors (Lipinski definition) is 6. The van der Waals surface area contributed by atoms with Crippen LogP contribution in [0.15, 0.2) is 48.5 Å². The second-order valence-electron chi connectivity index (χ2n) is 7.35. The van der Waals surface area contributed by atoms with Crippen molar-refractivity contribution in [2.45, 2.75) is 25.9 Å².